The van der Waals surface area contributed by atoms with Crippen LogP contribution in [0.3, 0.4) is 0 Å². The third kappa shape index (κ3) is 25.9. The summed E-state index contributed by atoms with van der Waals surface area (Å²) < 4.78 is 10.6. The largest absolute Gasteiger partial charge is 0.465 e. The van der Waals surface area contributed by atoms with Crippen LogP contribution in [0, 0.1) is 0 Å². The molecule has 0 aromatic rings. The van der Waals surface area contributed by atoms with Gasteiger partial charge in [0.1, 0.15) is 4.91 Å². The molecule has 2 aliphatic rings. The molecule has 0 unspecified atom stereocenters. The van der Waals surface area contributed by atoms with E-state index in [2.05, 4.69) is 37.4 Å². The zero-order chi connectivity index (χ0) is 37.2. The fourth-order valence-electron chi connectivity index (χ4n) is 6.70. The number of carbonyl (C=O) groups excluding carboxylic acids is 1. The van der Waals surface area contributed by atoms with E-state index in [9.17, 15) is 4.79 Å². The van der Waals surface area contributed by atoms with Gasteiger partial charge in [-0.15, -0.1) is 23.5 Å². The smallest absolute Gasteiger partial charge is 0.345 e. The van der Waals surface area contributed by atoms with Crippen molar-refractivity contribution in [2.75, 3.05) is 18.6 Å². The molecular formula is C44H78O2S6. The standard InChI is InChI=1S/C44H78O2S6/c1-4-6-8-10-12-14-16-18-20-22-24-26-28-30-32-34-36-47-41-42(52-44(51-41)43-49-38-39(50-43)40(45)46-3)48-37-35-33-31-29-27-25-23-21-19-17-15-13-11-9-7-5-2/h38H,4-37H2,1-3H3. The van der Waals surface area contributed by atoms with Crippen LogP contribution in [-0.4, -0.2) is 24.6 Å². The van der Waals surface area contributed by atoms with Gasteiger partial charge in [-0.05, 0) is 29.8 Å². The average molecular weight is 832 g/mol. The molecule has 2 heterocycles. The maximum Gasteiger partial charge on any atom is 0.345 e. The summed E-state index contributed by atoms with van der Waals surface area (Å²) >= 11 is 11.3. The van der Waals surface area contributed by atoms with Crippen LogP contribution >= 0.6 is 70.6 Å². The van der Waals surface area contributed by atoms with Crippen molar-refractivity contribution in [3.8, 4) is 0 Å². The van der Waals surface area contributed by atoms with E-state index in [-0.39, 0.29) is 5.97 Å². The molecule has 0 aliphatic carbocycles. The molecule has 2 rings (SSSR count). The van der Waals surface area contributed by atoms with E-state index in [0.717, 1.165) is 0 Å². The first-order valence-electron chi connectivity index (χ1n) is 21.9. The fourth-order valence-corrected chi connectivity index (χ4v) is 15.2. The molecule has 0 bridgehead atoms. The van der Waals surface area contributed by atoms with Gasteiger partial charge >= 0.3 is 5.97 Å². The minimum atomic E-state index is -0.217. The number of hydrogen-bond acceptors (Lipinski definition) is 8. The summed E-state index contributed by atoms with van der Waals surface area (Å²) in [6, 6.07) is 0. The lowest BCUT2D eigenvalue weighted by atomic mass is 10.0. The topological polar surface area (TPSA) is 26.3 Å². The normalized spacial score (nSPS) is 14.6. The van der Waals surface area contributed by atoms with Gasteiger partial charge in [0.15, 0.2) is 0 Å². The Bertz CT molecular complexity index is 926. The highest BCUT2D eigenvalue weighted by molar-refractivity contribution is 8.42. The van der Waals surface area contributed by atoms with Crippen LogP contribution in [0.2, 0.25) is 0 Å². The van der Waals surface area contributed by atoms with Crippen molar-refractivity contribution in [3.63, 3.8) is 0 Å². The highest BCUT2D eigenvalue weighted by Crippen LogP contribution is 2.62. The van der Waals surface area contributed by atoms with Crippen molar-refractivity contribution in [1.82, 2.24) is 0 Å². The van der Waals surface area contributed by atoms with Crippen LogP contribution in [0.5, 0.6) is 0 Å². The number of carbonyl (C=O) groups is 1. The molecule has 0 saturated heterocycles. The summed E-state index contributed by atoms with van der Waals surface area (Å²) in [6.07, 6.45) is 45.5. The Labute approximate surface area is 348 Å². The van der Waals surface area contributed by atoms with E-state index in [1.807, 2.05) is 28.9 Å². The van der Waals surface area contributed by atoms with E-state index in [0.29, 0.717) is 4.91 Å². The van der Waals surface area contributed by atoms with Crippen LogP contribution in [-0.2, 0) is 9.53 Å². The van der Waals surface area contributed by atoms with Gasteiger partial charge in [0, 0.05) is 0 Å². The lowest BCUT2D eigenvalue weighted by molar-refractivity contribution is -0.135. The van der Waals surface area contributed by atoms with Gasteiger partial charge in [0.2, 0.25) is 0 Å². The molecule has 2 nitrogen and oxygen atoms in total. The Morgan fingerprint density at radius 2 is 0.769 bits per heavy atom. The molecule has 0 atom stereocenters. The molecule has 0 radical (unpaired) electrons. The third-order valence-corrected chi connectivity index (χ3v) is 18.6. The van der Waals surface area contributed by atoms with Crippen molar-refractivity contribution in [2.45, 2.75) is 219 Å². The first kappa shape index (κ1) is 48.9. The van der Waals surface area contributed by atoms with Crippen LogP contribution in [0.25, 0.3) is 0 Å². The molecule has 302 valence electrons. The molecule has 0 fully saturated rings. The first-order valence-corrected chi connectivity index (χ1v) is 27.2. The second-order valence-electron chi connectivity index (χ2n) is 14.9. The fraction of sp³-hybridized carbons (Fsp3) is 0.841. The zero-order valence-electron chi connectivity index (χ0n) is 33.9. The lowest BCUT2D eigenvalue weighted by Crippen LogP contribution is -1.99. The number of rotatable bonds is 37. The molecule has 2 aliphatic heterocycles. The maximum absolute atomic E-state index is 12.1. The van der Waals surface area contributed by atoms with Gasteiger partial charge in [0.05, 0.1) is 24.1 Å². The number of hydrogen-bond donors (Lipinski definition) is 0. The zero-order valence-corrected chi connectivity index (χ0v) is 38.8. The van der Waals surface area contributed by atoms with Crippen LogP contribution < -0.4 is 0 Å². The molecule has 8 heteroatoms. The average Bonchev–Trinajstić information content (AvgIpc) is 3.82. The van der Waals surface area contributed by atoms with Crippen LogP contribution in [0.4, 0.5) is 0 Å². The maximum atomic E-state index is 12.1. The van der Waals surface area contributed by atoms with E-state index in [4.69, 9.17) is 4.74 Å². The van der Waals surface area contributed by atoms with Crippen molar-refractivity contribution >= 4 is 76.5 Å². The highest BCUT2D eigenvalue weighted by Gasteiger charge is 2.29. The summed E-state index contributed by atoms with van der Waals surface area (Å²) in [5.74, 6) is 2.23. The van der Waals surface area contributed by atoms with Crippen molar-refractivity contribution in [3.05, 3.63) is 27.3 Å². The minimum absolute atomic E-state index is 0.217. The van der Waals surface area contributed by atoms with Crippen LogP contribution in [0.1, 0.15) is 219 Å². The third-order valence-electron chi connectivity index (χ3n) is 10.0. The molecule has 0 spiro atoms. The minimum Gasteiger partial charge on any atom is -0.465 e. The van der Waals surface area contributed by atoms with Gasteiger partial charge in [-0.2, -0.15) is 0 Å². The summed E-state index contributed by atoms with van der Waals surface area (Å²) in [5, 5.41) is 1.96. The molecule has 0 N–H and O–H groups in total. The van der Waals surface area contributed by atoms with E-state index in [1.54, 1.807) is 23.5 Å². The first-order chi connectivity index (χ1) is 25.7. The summed E-state index contributed by atoms with van der Waals surface area (Å²) in [5.41, 5.74) is 0. The Morgan fingerprint density at radius 1 is 0.462 bits per heavy atom. The molecule has 0 amide bonds. The number of esters is 1. The Hall–Kier alpha value is 0.790. The monoisotopic (exact) mass is 830 g/mol. The second-order valence-corrected chi connectivity index (χ2v) is 22.1. The van der Waals surface area contributed by atoms with E-state index in [1.165, 1.54) is 241 Å². The Balaban J connectivity index is 1.55. The van der Waals surface area contributed by atoms with E-state index < -0.39 is 0 Å². The van der Waals surface area contributed by atoms with Gasteiger partial charge in [0.25, 0.3) is 0 Å². The van der Waals surface area contributed by atoms with Gasteiger partial charge in [-0.1, -0.05) is 254 Å². The number of thioether (sulfide) groups is 6. The van der Waals surface area contributed by atoms with Gasteiger partial charge < -0.3 is 4.74 Å². The quantitative estimate of drug-likeness (QED) is 0.0451. The highest BCUT2D eigenvalue weighted by atomic mass is 32.3. The number of ether oxygens (including phenoxy) is 1. The van der Waals surface area contributed by atoms with Crippen molar-refractivity contribution in [1.29, 1.82) is 0 Å². The van der Waals surface area contributed by atoms with Crippen molar-refractivity contribution in [2.24, 2.45) is 0 Å². The van der Waals surface area contributed by atoms with Crippen molar-refractivity contribution < 1.29 is 9.53 Å². The molecule has 0 aromatic carbocycles. The van der Waals surface area contributed by atoms with Gasteiger partial charge in [-0.3, -0.25) is 0 Å². The lowest BCUT2D eigenvalue weighted by Gasteiger charge is -2.06. The predicted octanol–water partition coefficient (Wildman–Crippen LogP) is 18.2. The SMILES string of the molecule is CCCCCCCCCCCCCCCCCCSC1=C(SCCCCCCCCCCCCCCCCCC)SC(=C2SC=C(C(=O)OC)S2)S1. The Kier molecular flexibility index (Phi) is 34.0. The molecule has 52 heavy (non-hydrogen) atoms. The number of methoxy groups -OCH3 is 1. The summed E-state index contributed by atoms with van der Waals surface area (Å²) in [7, 11) is 1.47. The Morgan fingerprint density at radius 3 is 1.08 bits per heavy atom. The summed E-state index contributed by atoms with van der Waals surface area (Å²) in [4.78, 5) is 12.8. The van der Waals surface area contributed by atoms with Gasteiger partial charge in [-0.25, -0.2) is 4.79 Å². The predicted molar refractivity (Wildman–Crippen MR) is 249 cm³/mol. The molecule has 0 saturated carbocycles. The van der Waals surface area contributed by atoms with E-state index >= 15 is 0 Å². The summed E-state index contributed by atoms with van der Waals surface area (Å²) in [6.45, 7) is 4.60. The van der Waals surface area contributed by atoms with Crippen LogP contribution in [0.15, 0.2) is 27.3 Å². The molecular weight excluding hydrogens is 753 g/mol. The molecule has 0 aromatic heterocycles. The second kappa shape index (κ2) is 36.2. The number of unbranched alkanes of at least 4 members (excludes halogenated alkanes) is 30.